The van der Waals surface area contributed by atoms with Gasteiger partial charge in [-0.2, -0.15) is 0 Å². The highest BCUT2D eigenvalue weighted by molar-refractivity contribution is 6.21. The zero-order valence-electron chi connectivity index (χ0n) is 24.9. The molecule has 0 radical (unpaired) electrons. The molecule has 8 aromatic carbocycles. The minimum absolute atomic E-state index is 0.897. The van der Waals surface area contributed by atoms with E-state index in [0.717, 1.165) is 22.7 Å². The molecule has 10 rings (SSSR count). The third-order valence-electron chi connectivity index (χ3n) is 9.54. The summed E-state index contributed by atoms with van der Waals surface area (Å²) in [6, 6.07) is 59.1. The fourth-order valence-corrected chi connectivity index (χ4v) is 7.53. The highest BCUT2D eigenvalue weighted by Gasteiger charge is 2.22. The Labute approximate surface area is 266 Å². The molecule has 9 aromatic rings. The van der Waals surface area contributed by atoms with Gasteiger partial charge in [-0.1, -0.05) is 115 Å². The minimum atomic E-state index is 0.897. The summed E-state index contributed by atoms with van der Waals surface area (Å²) in [5, 5.41) is 7.38. The van der Waals surface area contributed by atoms with Gasteiger partial charge in [-0.3, -0.25) is 0 Å². The Hall–Kier alpha value is -6.12. The van der Waals surface area contributed by atoms with Crippen molar-refractivity contribution >= 4 is 43.4 Å². The number of benzene rings is 8. The molecule has 0 saturated heterocycles. The molecule has 0 atom stereocenters. The average molecular weight is 586 g/mol. The summed E-state index contributed by atoms with van der Waals surface area (Å²) in [4.78, 5) is 0. The van der Waals surface area contributed by atoms with Gasteiger partial charge in [0.1, 0.15) is 11.5 Å². The standard InChI is InChI=1S/C44H27NO/c1-2-16-33(17-3-1)45-39-21-7-6-19-35(39)38-27-31-11-4-5-18-34(31)43(44(38)45)32-15-8-14-29(25-32)30-23-24-40-37(26-30)36-20-9-12-28-13-10-22-41(46-40)42(28)36/h1-27H. The molecule has 214 valence electrons. The summed E-state index contributed by atoms with van der Waals surface area (Å²) >= 11 is 0. The first-order valence-electron chi connectivity index (χ1n) is 15.8. The number of ether oxygens (including phenoxy) is 1. The molecule has 1 aliphatic rings. The third-order valence-corrected chi connectivity index (χ3v) is 9.54. The largest absolute Gasteiger partial charge is 0.456 e. The van der Waals surface area contributed by atoms with Gasteiger partial charge < -0.3 is 9.30 Å². The number of rotatable bonds is 3. The first-order valence-corrected chi connectivity index (χ1v) is 15.8. The Morgan fingerprint density at radius 3 is 2.04 bits per heavy atom. The van der Waals surface area contributed by atoms with Crippen molar-refractivity contribution in [2.75, 3.05) is 0 Å². The number of aromatic nitrogens is 1. The molecule has 2 nitrogen and oxygen atoms in total. The molecule has 0 bridgehead atoms. The van der Waals surface area contributed by atoms with E-state index in [0.29, 0.717) is 0 Å². The molecule has 0 saturated carbocycles. The van der Waals surface area contributed by atoms with Crippen LogP contribution in [-0.4, -0.2) is 4.57 Å². The average Bonchev–Trinajstić information content (AvgIpc) is 3.45. The van der Waals surface area contributed by atoms with Gasteiger partial charge in [0.05, 0.1) is 11.0 Å². The third kappa shape index (κ3) is 3.65. The van der Waals surface area contributed by atoms with Crippen LogP contribution in [0, 0.1) is 0 Å². The molecule has 2 heterocycles. The first-order chi connectivity index (χ1) is 22.8. The van der Waals surface area contributed by atoms with Crippen LogP contribution in [0.15, 0.2) is 164 Å². The maximum absolute atomic E-state index is 6.41. The Kier molecular flexibility index (Phi) is 5.31. The SMILES string of the molecule is c1ccc(-n2c3ccccc3c3cc4ccccc4c(-c4cccc(-c5ccc6c(c5)-c5cccc7cccc(c57)O6)c4)c32)cc1. The van der Waals surface area contributed by atoms with Gasteiger partial charge in [0, 0.05) is 33.0 Å². The quantitative estimate of drug-likeness (QED) is 0.201. The van der Waals surface area contributed by atoms with Crippen molar-refractivity contribution in [2.24, 2.45) is 0 Å². The van der Waals surface area contributed by atoms with E-state index >= 15 is 0 Å². The van der Waals surface area contributed by atoms with E-state index in [-0.39, 0.29) is 0 Å². The van der Waals surface area contributed by atoms with E-state index in [2.05, 4.69) is 168 Å². The summed E-state index contributed by atoms with van der Waals surface area (Å²) in [5.74, 6) is 1.82. The molecular formula is C44H27NO. The number of nitrogens with zero attached hydrogens (tertiary/aromatic N) is 1. The normalized spacial score (nSPS) is 12.1. The fourth-order valence-electron chi connectivity index (χ4n) is 7.53. The second kappa shape index (κ2) is 9.69. The van der Waals surface area contributed by atoms with Crippen molar-refractivity contribution in [1.82, 2.24) is 4.57 Å². The summed E-state index contributed by atoms with van der Waals surface area (Å²) in [6.07, 6.45) is 0. The Bertz CT molecular complexity index is 2660. The van der Waals surface area contributed by atoms with E-state index in [9.17, 15) is 0 Å². The predicted molar refractivity (Wildman–Crippen MR) is 192 cm³/mol. The van der Waals surface area contributed by atoms with Gasteiger partial charge in [0.25, 0.3) is 0 Å². The van der Waals surface area contributed by atoms with Crippen LogP contribution in [-0.2, 0) is 0 Å². The predicted octanol–water partition coefficient (Wildman–Crippen LogP) is 12.2. The molecule has 46 heavy (non-hydrogen) atoms. The summed E-state index contributed by atoms with van der Waals surface area (Å²) in [5.41, 5.74) is 10.7. The zero-order valence-corrected chi connectivity index (χ0v) is 24.9. The second-order valence-corrected chi connectivity index (χ2v) is 12.1. The topological polar surface area (TPSA) is 14.2 Å². The lowest BCUT2D eigenvalue weighted by molar-refractivity contribution is 0.487. The van der Waals surface area contributed by atoms with Crippen molar-refractivity contribution in [3.05, 3.63) is 164 Å². The molecule has 0 fully saturated rings. The van der Waals surface area contributed by atoms with Crippen molar-refractivity contribution in [2.45, 2.75) is 0 Å². The number of hydrogen-bond donors (Lipinski definition) is 0. The Morgan fingerprint density at radius 2 is 1.13 bits per heavy atom. The number of fused-ring (bicyclic) bond motifs is 6. The van der Waals surface area contributed by atoms with Crippen molar-refractivity contribution in [1.29, 1.82) is 0 Å². The van der Waals surface area contributed by atoms with Crippen LogP contribution in [0.5, 0.6) is 11.5 Å². The molecule has 2 heteroatoms. The second-order valence-electron chi connectivity index (χ2n) is 12.1. The lowest BCUT2D eigenvalue weighted by Gasteiger charge is -2.22. The molecular weight excluding hydrogens is 558 g/mol. The van der Waals surface area contributed by atoms with E-state index < -0.39 is 0 Å². The number of hydrogen-bond acceptors (Lipinski definition) is 1. The Balaban J connectivity index is 1.23. The number of para-hydroxylation sites is 2. The summed E-state index contributed by atoms with van der Waals surface area (Å²) in [6.45, 7) is 0. The van der Waals surface area contributed by atoms with Gasteiger partial charge in [0.2, 0.25) is 0 Å². The van der Waals surface area contributed by atoms with E-state index in [1.807, 2.05) is 0 Å². The van der Waals surface area contributed by atoms with E-state index in [1.165, 1.54) is 71.2 Å². The smallest absolute Gasteiger partial charge is 0.135 e. The van der Waals surface area contributed by atoms with Crippen molar-refractivity contribution in [3.8, 4) is 50.6 Å². The van der Waals surface area contributed by atoms with Crippen LogP contribution in [0.2, 0.25) is 0 Å². The van der Waals surface area contributed by atoms with Gasteiger partial charge in [-0.05, 0) is 86.9 Å². The summed E-state index contributed by atoms with van der Waals surface area (Å²) in [7, 11) is 0. The van der Waals surface area contributed by atoms with Crippen molar-refractivity contribution < 1.29 is 4.74 Å². The molecule has 1 aromatic heterocycles. The lowest BCUT2D eigenvalue weighted by Crippen LogP contribution is -1.97. The molecule has 0 N–H and O–H groups in total. The van der Waals surface area contributed by atoms with Gasteiger partial charge in [-0.25, -0.2) is 0 Å². The fraction of sp³-hybridized carbons (Fsp3) is 0. The van der Waals surface area contributed by atoms with Crippen LogP contribution < -0.4 is 4.74 Å². The van der Waals surface area contributed by atoms with E-state index in [4.69, 9.17) is 4.74 Å². The molecule has 0 amide bonds. The van der Waals surface area contributed by atoms with Crippen LogP contribution in [0.4, 0.5) is 0 Å². The van der Waals surface area contributed by atoms with Crippen LogP contribution in [0.1, 0.15) is 0 Å². The lowest BCUT2D eigenvalue weighted by atomic mass is 9.90. The van der Waals surface area contributed by atoms with Crippen LogP contribution in [0.3, 0.4) is 0 Å². The molecule has 0 aliphatic carbocycles. The van der Waals surface area contributed by atoms with Crippen LogP contribution in [0.25, 0.3) is 82.4 Å². The molecule has 1 aliphatic heterocycles. The summed E-state index contributed by atoms with van der Waals surface area (Å²) < 4.78 is 8.85. The minimum Gasteiger partial charge on any atom is -0.456 e. The molecule has 0 spiro atoms. The van der Waals surface area contributed by atoms with E-state index in [1.54, 1.807) is 0 Å². The maximum Gasteiger partial charge on any atom is 0.135 e. The van der Waals surface area contributed by atoms with Gasteiger partial charge in [0.15, 0.2) is 0 Å². The van der Waals surface area contributed by atoms with Crippen molar-refractivity contribution in [3.63, 3.8) is 0 Å². The maximum atomic E-state index is 6.41. The van der Waals surface area contributed by atoms with Crippen LogP contribution >= 0.6 is 0 Å². The molecule has 0 unspecified atom stereocenters. The monoisotopic (exact) mass is 585 g/mol. The first kappa shape index (κ1) is 25.2. The van der Waals surface area contributed by atoms with Gasteiger partial charge >= 0.3 is 0 Å². The Morgan fingerprint density at radius 1 is 0.413 bits per heavy atom. The highest BCUT2D eigenvalue weighted by atomic mass is 16.5. The highest BCUT2D eigenvalue weighted by Crippen LogP contribution is 2.48. The van der Waals surface area contributed by atoms with Gasteiger partial charge in [-0.15, -0.1) is 0 Å². The zero-order chi connectivity index (χ0) is 30.2.